The molecule has 2 aliphatic carbocycles. The van der Waals surface area contributed by atoms with Gasteiger partial charge in [-0.2, -0.15) is 0 Å². The maximum absolute atomic E-state index is 12.7. The zero-order valence-electron chi connectivity index (χ0n) is 14.1. The summed E-state index contributed by atoms with van der Waals surface area (Å²) in [6.45, 7) is 0. The smallest absolute Gasteiger partial charge is 0.251 e. The first-order valence-corrected chi connectivity index (χ1v) is 9.77. The molecule has 2 atom stereocenters. The molecule has 2 aromatic rings. The van der Waals surface area contributed by atoms with E-state index in [1.54, 1.807) is 11.3 Å². The van der Waals surface area contributed by atoms with Crippen LogP contribution in [-0.2, 0) is 17.6 Å². The van der Waals surface area contributed by atoms with Crippen molar-refractivity contribution in [2.24, 2.45) is 11.7 Å². The summed E-state index contributed by atoms with van der Waals surface area (Å²) >= 11 is 1.54. The molecule has 0 aliphatic heterocycles. The minimum atomic E-state index is -0.426. The molecule has 3 N–H and O–H groups in total. The lowest BCUT2D eigenvalue weighted by Gasteiger charge is -2.06. The van der Waals surface area contributed by atoms with Gasteiger partial charge in [-0.05, 0) is 49.1 Å². The van der Waals surface area contributed by atoms with Gasteiger partial charge in [0, 0.05) is 10.8 Å². The number of hydrogen-bond acceptors (Lipinski definition) is 3. The molecule has 0 spiro atoms. The van der Waals surface area contributed by atoms with Gasteiger partial charge in [-0.25, -0.2) is 0 Å². The van der Waals surface area contributed by atoms with Crippen molar-refractivity contribution >= 4 is 28.2 Å². The summed E-state index contributed by atoms with van der Waals surface area (Å²) in [7, 11) is 0. The van der Waals surface area contributed by atoms with Gasteiger partial charge >= 0.3 is 0 Å². The molecule has 2 aliphatic rings. The number of anilines is 1. The third-order valence-electron chi connectivity index (χ3n) is 5.26. The number of thiophene rings is 1. The van der Waals surface area contributed by atoms with E-state index in [2.05, 4.69) is 17.4 Å². The highest BCUT2D eigenvalue weighted by Gasteiger charge is 2.44. The fraction of sp³-hybridized carbons (Fsp3) is 0.400. The van der Waals surface area contributed by atoms with Gasteiger partial charge in [0.05, 0.1) is 5.56 Å². The van der Waals surface area contributed by atoms with Gasteiger partial charge in [0.25, 0.3) is 5.91 Å². The largest absolute Gasteiger partial charge is 0.365 e. The topological polar surface area (TPSA) is 72.2 Å². The van der Waals surface area contributed by atoms with Crippen LogP contribution in [0.3, 0.4) is 0 Å². The number of hydrogen-bond donors (Lipinski definition) is 2. The predicted octanol–water partition coefficient (Wildman–Crippen LogP) is 3.86. The maximum Gasteiger partial charge on any atom is 0.251 e. The van der Waals surface area contributed by atoms with E-state index in [4.69, 9.17) is 5.73 Å². The van der Waals surface area contributed by atoms with Gasteiger partial charge in [-0.3, -0.25) is 9.59 Å². The molecule has 4 rings (SSSR count). The first kappa shape index (κ1) is 16.3. The molecular formula is C20H22N2O2S. The van der Waals surface area contributed by atoms with Gasteiger partial charge < -0.3 is 11.1 Å². The molecule has 25 heavy (non-hydrogen) atoms. The number of fused-ring (bicyclic) bond motifs is 1. The van der Waals surface area contributed by atoms with Crippen molar-refractivity contribution in [3.8, 4) is 0 Å². The highest BCUT2D eigenvalue weighted by Crippen LogP contribution is 2.48. The number of carbonyl (C=O) groups is 2. The third-order valence-corrected chi connectivity index (χ3v) is 6.47. The van der Waals surface area contributed by atoms with E-state index in [9.17, 15) is 9.59 Å². The molecule has 1 fully saturated rings. The summed E-state index contributed by atoms with van der Waals surface area (Å²) in [6.07, 6.45) is 6.13. The van der Waals surface area contributed by atoms with Gasteiger partial charge in [-0.1, -0.05) is 36.8 Å². The van der Waals surface area contributed by atoms with Crippen LogP contribution in [0.5, 0.6) is 0 Å². The molecule has 1 aromatic carbocycles. The first-order chi connectivity index (χ1) is 12.1. The maximum atomic E-state index is 12.7. The van der Waals surface area contributed by atoms with Crippen LogP contribution < -0.4 is 11.1 Å². The summed E-state index contributed by atoms with van der Waals surface area (Å²) in [4.78, 5) is 25.9. The summed E-state index contributed by atoms with van der Waals surface area (Å²) < 4.78 is 0. The Morgan fingerprint density at radius 3 is 2.60 bits per heavy atom. The highest BCUT2D eigenvalue weighted by atomic mass is 32.1. The highest BCUT2D eigenvalue weighted by molar-refractivity contribution is 7.17. The first-order valence-electron chi connectivity index (χ1n) is 8.95. The molecule has 0 radical (unpaired) electrons. The number of benzene rings is 1. The lowest BCUT2D eigenvalue weighted by Crippen LogP contribution is -2.19. The fourth-order valence-electron chi connectivity index (χ4n) is 3.85. The Bertz CT molecular complexity index is 813. The molecule has 5 heteroatoms. The monoisotopic (exact) mass is 354 g/mol. The predicted molar refractivity (Wildman–Crippen MR) is 100 cm³/mol. The Balaban J connectivity index is 1.53. The molecule has 1 aromatic heterocycles. The molecule has 0 saturated heterocycles. The number of aryl methyl sites for hydroxylation is 1. The van der Waals surface area contributed by atoms with Crippen molar-refractivity contribution in [2.45, 2.75) is 44.4 Å². The number of nitrogens with one attached hydrogen (secondary N) is 1. The van der Waals surface area contributed by atoms with E-state index in [0.29, 0.717) is 10.6 Å². The Morgan fingerprint density at radius 1 is 1.08 bits per heavy atom. The van der Waals surface area contributed by atoms with Crippen LogP contribution in [0.1, 0.15) is 58.0 Å². The van der Waals surface area contributed by atoms with E-state index < -0.39 is 5.91 Å². The minimum absolute atomic E-state index is 0.00719. The number of amides is 2. The Morgan fingerprint density at radius 2 is 1.84 bits per heavy atom. The zero-order valence-corrected chi connectivity index (χ0v) is 14.9. The Hall–Kier alpha value is -2.14. The molecule has 4 nitrogen and oxygen atoms in total. The van der Waals surface area contributed by atoms with Crippen molar-refractivity contribution in [1.82, 2.24) is 0 Å². The van der Waals surface area contributed by atoms with Gasteiger partial charge in [-0.15, -0.1) is 11.3 Å². The van der Waals surface area contributed by atoms with Crippen LogP contribution >= 0.6 is 11.3 Å². The van der Waals surface area contributed by atoms with E-state index in [0.717, 1.165) is 37.7 Å². The lowest BCUT2D eigenvalue weighted by molar-refractivity contribution is -0.117. The second-order valence-corrected chi connectivity index (χ2v) is 8.09. The summed E-state index contributed by atoms with van der Waals surface area (Å²) in [5.41, 5.74) is 8.46. The van der Waals surface area contributed by atoms with Crippen molar-refractivity contribution in [1.29, 1.82) is 0 Å². The average Bonchev–Trinajstić information content (AvgIpc) is 3.37. The molecule has 1 heterocycles. The summed E-state index contributed by atoms with van der Waals surface area (Å²) in [5, 5.41) is 3.67. The number of rotatable bonds is 4. The normalized spacial score (nSPS) is 21.9. The number of primary amides is 1. The second-order valence-electron chi connectivity index (χ2n) is 6.98. The summed E-state index contributed by atoms with van der Waals surface area (Å²) in [5.74, 6) is -0.140. The van der Waals surface area contributed by atoms with Gasteiger partial charge in [0.15, 0.2) is 0 Å². The van der Waals surface area contributed by atoms with Crippen LogP contribution in [0.15, 0.2) is 30.3 Å². The van der Waals surface area contributed by atoms with Crippen molar-refractivity contribution in [3.05, 3.63) is 51.9 Å². The second kappa shape index (κ2) is 6.64. The van der Waals surface area contributed by atoms with Crippen LogP contribution in [0.4, 0.5) is 5.00 Å². The zero-order chi connectivity index (χ0) is 17.4. The lowest BCUT2D eigenvalue weighted by atomic mass is 10.1. The van der Waals surface area contributed by atoms with E-state index >= 15 is 0 Å². The average molecular weight is 354 g/mol. The van der Waals surface area contributed by atoms with Gasteiger partial charge in [0.1, 0.15) is 5.00 Å². The minimum Gasteiger partial charge on any atom is -0.365 e. The number of nitrogens with two attached hydrogens (primary N) is 1. The molecule has 1 saturated carbocycles. The molecule has 2 amide bonds. The quantitative estimate of drug-likeness (QED) is 0.819. The molecule has 2 unspecified atom stereocenters. The molecule has 130 valence electrons. The van der Waals surface area contributed by atoms with Crippen molar-refractivity contribution in [3.63, 3.8) is 0 Å². The van der Waals surface area contributed by atoms with Crippen LogP contribution in [0.2, 0.25) is 0 Å². The van der Waals surface area contributed by atoms with Crippen molar-refractivity contribution in [2.75, 3.05) is 5.32 Å². The number of carbonyl (C=O) groups excluding carboxylic acids is 2. The fourth-order valence-corrected chi connectivity index (χ4v) is 5.15. The van der Waals surface area contributed by atoms with Crippen molar-refractivity contribution < 1.29 is 9.59 Å². The van der Waals surface area contributed by atoms with Crippen LogP contribution in [-0.4, -0.2) is 11.8 Å². The third kappa shape index (κ3) is 3.21. The van der Waals surface area contributed by atoms with Crippen LogP contribution in [0.25, 0.3) is 0 Å². The Labute approximate surface area is 151 Å². The van der Waals surface area contributed by atoms with Crippen LogP contribution in [0, 0.1) is 5.92 Å². The van der Waals surface area contributed by atoms with E-state index in [1.807, 2.05) is 18.2 Å². The SMILES string of the molecule is NC(=O)c1c(NC(=O)C2CC2c2ccccc2)sc2c1CCCCC2. The standard InChI is InChI=1S/C20H22N2O2S/c21-18(23)17-13-9-5-2-6-10-16(13)25-20(17)22-19(24)15-11-14(15)12-7-3-1-4-8-12/h1,3-4,7-8,14-15H,2,5-6,9-11H2,(H2,21,23)(H,22,24). The molecular weight excluding hydrogens is 332 g/mol. The van der Waals surface area contributed by atoms with Gasteiger partial charge in [0.2, 0.25) is 5.91 Å². The van der Waals surface area contributed by atoms with E-state index in [-0.39, 0.29) is 17.7 Å². The summed E-state index contributed by atoms with van der Waals surface area (Å²) in [6, 6.07) is 10.1. The van der Waals surface area contributed by atoms with E-state index in [1.165, 1.54) is 16.9 Å². The molecule has 0 bridgehead atoms. The Kier molecular flexibility index (Phi) is 4.34.